The van der Waals surface area contributed by atoms with E-state index < -0.39 is 0 Å². The van der Waals surface area contributed by atoms with Crippen molar-refractivity contribution in [1.29, 1.82) is 0 Å². The van der Waals surface area contributed by atoms with E-state index in [9.17, 15) is 4.79 Å². The fourth-order valence-electron chi connectivity index (χ4n) is 1.22. The van der Waals surface area contributed by atoms with Gasteiger partial charge in [0.25, 0.3) is 0 Å². The molecule has 0 aliphatic carbocycles. The van der Waals surface area contributed by atoms with Gasteiger partial charge in [0.1, 0.15) is 6.54 Å². The zero-order valence-electron chi connectivity index (χ0n) is 9.49. The predicted molar refractivity (Wildman–Crippen MR) is 64.2 cm³/mol. The molecular formula is C10H16BrN3O2. The Balaban J connectivity index is 2.28. The van der Waals surface area contributed by atoms with Gasteiger partial charge in [0.05, 0.1) is 10.2 Å². The van der Waals surface area contributed by atoms with Gasteiger partial charge in [-0.1, -0.05) is 0 Å². The largest absolute Gasteiger partial charge is 0.385 e. The lowest BCUT2D eigenvalue weighted by Crippen LogP contribution is -2.29. The molecule has 6 heteroatoms. The van der Waals surface area contributed by atoms with Gasteiger partial charge in [-0.15, -0.1) is 0 Å². The van der Waals surface area contributed by atoms with Crippen molar-refractivity contribution in [2.45, 2.75) is 19.9 Å². The van der Waals surface area contributed by atoms with Crippen LogP contribution in [0.5, 0.6) is 0 Å². The molecule has 0 unspecified atom stereocenters. The smallest absolute Gasteiger partial charge is 0.241 e. The lowest BCUT2D eigenvalue weighted by molar-refractivity contribution is -0.121. The van der Waals surface area contributed by atoms with Crippen LogP contribution in [-0.2, 0) is 16.1 Å². The predicted octanol–water partition coefficient (Wildman–Crippen LogP) is 1.11. The molecule has 16 heavy (non-hydrogen) atoms. The molecule has 1 aromatic rings. The first-order valence-corrected chi connectivity index (χ1v) is 5.88. The molecule has 0 bridgehead atoms. The number of amides is 1. The summed E-state index contributed by atoms with van der Waals surface area (Å²) in [5, 5.41) is 6.98. The molecule has 0 spiro atoms. The van der Waals surface area contributed by atoms with Gasteiger partial charge in [0.15, 0.2) is 0 Å². The molecule has 0 saturated carbocycles. The second-order valence-corrected chi connectivity index (χ2v) is 4.31. The third-order valence-corrected chi connectivity index (χ3v) is 2.82. The summed E-state index contributed by atoms with van der Waals surface area (Å²) in [5.74, 6) is -0.0360. The summed E-state index contributed by atoms with van der Waals surface area (Å²) in [4.78, 5) is 11.5. The Morgan fingerprint density at radius 2 is 2.44 bits per heavy atom. The van der Waals surface area contributed by atoms with E-state index >= 15 is 0 Å². The summed E-state index contributed by atoms with van der Waals surface area (Å²) in [5.41, 5.74) is 0.882. The van der Waals surface area contributed by atoms with Gasteiger partial charge in [0, 0.05) is 26.5 Å². The number of methoxy groups -OCH3 is 1. The van der Waals surface area contributed by atoms with Gasteiger partial charge in [-0.25, -0.2) is 0 Å². The lowest BCUT2D eigenvalue weighted by Gasteiger charge is -2.04. The second-order valence-electron chi connectivity index (χ2n) is 3.46. The summed E-state index contributed by atoms with van der Waals surface area (Å²) >= 11 is 3.35. The van der Waals surface area contributed by atoms with Gasteiger partial charge >= 0.3 is 0 Å². The minimum absolute atomic E-state index is 0.0360. The van der Waals surface area contributed by atoms with Crippen LogP contribution in [0.1, 0.15) is 12.1 Å². The van der Waals surface area contributed by atoms with Crippen molar-refractivity contribution in [3.05, 3.63) is 16.4 Å². The topological polar surface area (TPSA) is 56.1 Å². The normalized spacial score (nSPS) is 10.4. The molecule has 1 aromatic heterocycles. The number of ether oxygens (including phenoxy) is 1. The molecular weight excluding hydrogens is 274 g/mol. The first-order valence-electron chi connectivity index (χ1n) is 5.08. The van der Waals surface area contributed by atoms with E-state index in [1.165, 1.54) is 0 Å². The van der Waals surface area contributed by atoms with Crippen LogP contribution in [0.4, 0.5) is 0 Å². The van der Waals surface area contributed by atoms with Crippen LogP contribution in [0.25, 0.3) is 0 Å². The van der Waals surface area contributed by atoms with Crippen LogP contribution in [0.2, 0.25) is 0 Å². The minimum atomic E-state index is -0.0360. The quantitative estimate of drug-likeness (QED) is 0.798. The molecule has 0 aliphatic heterocycles. The zero-order valence-corrected chi connectivity index (χ0v) is 11.1. The van der Waals surface area contributed by atoms with Crippen molar-refractivity contribution in [3.63, 3.8) is 0 Å². The maximum absolute atomic E-state index is 11.5. The highest BCUT2D eigenvalue weighted by Crippen LogP contribution is 2.12. The molecule has 0 aromatic carbocycles. The zero-order chi connectivity index (χ0) is 12.0. The number of hydrogen-bond acceptors (Lipinski definition) is 3. The molecule has 0 radical (unpaired) electrons. The monoisotopic (exact) mass is 289 g/mol. The Kier molecular flexibility index (Phi) is 5.48. The number of nitrogens with one attached hydrogen (secondary N) is 1. The molecule has 0 fully saturated rings. The van der Waals surface area contributed by atoms with Crippen LogP contribution >= 0.6 is 15.9 Å². The lowest BCUT2D eigenvalue weighted by atomic mass is 10.4. The highest BCUT2D eigenvalue weighted by atomic mass is 79.9. The van der Waals surface area contributed by atoms with Gasteiger partial charge in [-0.3, -0.25) is 9.48 Å². The summed E-state index contributed by atoms with van der Waals surface area (Å²) in [6.07, 6.45) is 2.62. The number of aryl methyl sites for hydroxylation is 1. The molecule has 0 atom stereocenters. The van der Waals surface area contributed by atoms with Crippen molar-refractivity contribution in [2.24, 2.45) is 0 Å². The van der Waals surface area contributed by atoms with Crippen LogP contribution in [0.15, 0.2) is 10.7 Å². The number of nitrogens with zero attached hydrogens (tertiary/aromatic N) is 2. The molecule has 1 amide bonds. The van der Waals surface area contributed by atoms with E-state index in [1.54, 1.807) is 18.0 Å². The summed E-state index contributed by atoms with van der Waals surface area (Å²) in [6, 6.07) is 0. The maximum atomic E-state index is 11.5. The highest BCUT2D eigenvalue weighted by Gasteiger charge is 2.05. The number of rotatable bonds is 6. The standard InChI is InChI=1S/C10H16BrN3O2/c1-8-9(11)6-14(13-8)7-10(15)12-4-3-5-16-2/h6H,3-5,7H2,1-2H3,(H,12,15). The van der Waals surface area contributed by atoms with E-state index in [2.05, 4.69) is 26.3 Å². The number of hydrogen-bond donors (Lipinski definition) is 1. The third kappa shape index (κ3) is 4.32. The molecule has 0 aliphatic rings. The van der Waals surface area contributed by atoms with E-state index in [0.717, 1.165) is 16.6 Å². The first-order chi connectivity index (χ1) is 7.63. The van der Waals surface area contributed by atoms with Gasteiger partial charge < -0.3 is 10.1 Å². The average Bonchev–Trinajstić information content (AvgIpc) is 2.53. The van der Waals surface area contributed by atoms with E-state index in [1.807, 2.05) is 6.92 Å². The minimum Gasteiger partial charge on any atom is -0.385 e. The van der Waals surface area contributed by atoms with Gasteiger partial charge in [-0.05, 0) is 29.3 Å². The van der Waals surface area contributed by atoms with Crippen molar-refractivity contribution in [1.82, 2.24) is 15.1 Å². The van der Waals surface area contributed by atoms with E-state index in [0.29, 0.717) is 13.2 Å². The second kappa shape index (κ2) is 6.65. The maximum Gasteiger partial charge on any atom is 0.241 e. The van der Waals surface area contributed by atoms with Crippen LogP contribution in [0, 0.1) is 6.92 Å². The molecule has 5 nitrogen and oxygen atoms in total. The van der Waals surface area contributed by atoms with Gasteiger partial charge in [-0.2, -0.15) is 5.10 Å². The molecule has 90 valence electrons. The third-order valence-electron chi connectivity index (χ3n) is 2.04. The molecule has 1 N–H and O–H groups in total. The molecule has 0 saturated heterocycles. The van der Waals surface area contributed by atoms with Crippen LogP contribution in [0.3, 0.4) is 0 Å². The molecule has 1 rings (SSSR count). The Bertz CT molecular complexity index is 332. The molecule has 1 heterocycles. The van der Waals surface area contributed by atoms with E-state index in [-0.39, 0.29) is 12.5 Å². The summed E-state index contributed by atoms with van der Waals surface area (Å²) < 4.78 is 7.42. The van der Waals surface area contributed by atoms with Crippen LogP contribution in [-0.4, -0.2) is 35.9 Å². The Labute approximate surface area is 103 Å². The number of carbonyl (C=O) groups excluding carboxylic acids is 1. The van der Waals surface area contributed by atoms with Gasteiger partial charge in [0.2, 0.25) is 5.91 Å². The number of carbonyl (C=O) groups is 1. The van der Waals surface area contributed by atoms with Crippen molar-refractivity contribution in [2.75, 3.05) is 20.3 Å². The fraction of sp³-hybridized carbons (Fsp3) is 0.600. The highest BCUT2D eigenvalue weighted by molar-refractivity contribution is 9.10. The summed E-state index contributed by atoms with van der Waals surface area (Å²) in [6.45, 7) is 3.43. The van der Waals surface area contributed by atoms with Crippen LogP contribution < -0.4 is 5.32 Å². The Morgan fingerprint density at radius 1 is 1.69 bits per heavy atom. The van der Waals surface area contributed by atoms with Crippen molar-refractivity contribution in [3.8, 4) is 0 Å². The Morgan fingerprint density at radius 3 is 3.00 bits per heavy atom. The van der Waals surface area contributed by atoms with E-state index in [4.69, 9.17) is 4.74 Å². The Hall–Kier alpha value is -0.880. The first kappa shape index (κ1) is 13.2. The number of aromatic nitrogens is 2. The average molecular weight is 290 g/mol. The number of halogens is 1. The SMILES string of the molecule is COCCCNC(=O)Cn1cc(Br)c(C)n1. The van der Waals surface area contributed by atoms with Crippen molar-refractivity contribution >= 4 is 21.8 Å². The fourth-order valence-corrected chi connectivity index (χ4v) is 1.54. The summed E-state index contributed by atoms with van der Waals surface area (Å²) in [7, 11) is 1.64. The van der Waals surface area contributed by atoms with Crippen molar-refractivity contribution < 1.29 is 9.53 Å².